The molecule has 1 aliphatic rings. The lowest BCUT2D eigenvalue weighted by Crippen LogP contribution is -2.67. The van der Waals surface area contributed by atoms with Gasteiger partial charge in [0.05, 0.1) is 29.9 Å². The molecule has 2 heterocycles. The van der Waals surface area contributed by atoms with Gasteiger partial charge >= 0.3 is 6.09 Å². The molecule has 0 unspecified atom stereocenters. The van der Waals surface area contributed by atoms with Crippen LogP contribution in [0.1, 0.15) is 92.8 Å². The van der Waals surface area contributed by atoms with Gasteiger partial charge in [-0.1, -0.05) is 41.5 Å². The number of amides is 2. The average molecular weight is 673 g/mol. The van der Waals surface area contributed by atoms with Gasteiger partial charge in [-0.05, 0) is 57.0 Å². The predicted octanol–water partition coefficient (Wildman–Crippen LogP) is 3.08. The number of nitrogens with zero attached hydrogens (tertiary/aromatic N) is 2. The summed E-state index contributed by atoms with van der Waals surface area (Å²) in [6.45, 7) is 15.0. The minimum atomic E-state index is -1.90. The molecule has 0 fully saturated rings. The molecule has 0 spiro atoms. The molecule has 0 saturated heterocycles. The minimum absolute atomic E-state index is 0.0781. The Hall–Kier alpha value is -4.13. The second-order valence-corrected chi connectivity index (χ2v) is 15.8. The number of rotatable bonds is 10. The topological polar surface area (TPSA) is 166 Å². The predicted molar refractivity (Wildman–Crippen MR) is 170 cm³/mol. The molecule has 12 nitrogen and oxygen atoms in total. The molecule has 1 aliphatic heterocycles. The summed E-state index contributed by atoms with van der Waals surface area (Å²) in [4.78, 5) is 67.4. The fourth-order valence-corrected chi connectivity index (χ4v) is 6.91. The van der Waals surface area contributed by atoms with Crippen molar-refractivity contribution < 1.29 is 48.4 Å². The summed E-state index contributed by atoms with van der Waals surface area (Å²) < 4.78 is 17.0. The number of aliphatic carboxylic acids is 2. The lowest BCUT2D eigenvalue weighted by Gasteiger charge is -2.53. The number of carboxylic acid groups (broad SMARTS) is 2. The van der Waals surface area contributed by atoms with Gasteiger partial charge in [0.1, 0.15) is 12.2 Å². The van der Waals surface area contributed by atoms with Crippen LogP contribution in [-0.2, 0) is 27.3 Å². The first-order valence-corrected chi connectivity index (χ1v) is 16.0. The van der Waals surface area contributed by atoms with E-state index in [1.165, 1.54) is 41.5 Å². The van der Waals surface area contributed by atoms with Crippen LogP contribution in [0.4, 0.5) is 4.79 Å². The third kappa shape index (κ3) is 8.43. The maximum atomic E-state index is 13.4. The molecule has 3 rings (SSSR count). The van der Waals surface area contributed by atoms with E-state index >= 15 is 0 Å². The molecule has 0 saturated carbocycles. The first-order chi connectivity index (χ1) is 21.5. The van der Waals surface area contributed by atoms with Gasteiger partial charge in [-0.2, -0.15) is 0 Å². The molecular formula is C34H44N2O10S-2. The zero-order valence-corrected chi connectivity index (χ0v) is 29.5. The van der Waals surface area contributed by atoms with Crippen LogP contribution < -0.4 is 19.7 Å². The van der Waals surface area contributed by atoms with Gasteiger partial charge in [0.25, 0.3) is 5.91 Å². The highest BCUT2D eigenvalue weighted by molar-refractivity contribution is 7.14. The third-order valence-corrected chi connectivity index (χ3v) is 8.96. The zero-order chi connectivity index (χ0) is 35.7. The summed E-state index contributed by atoms with van der Waals surface area (Å²) in [7, 11) is 1.48. The highest BCUT2D eigenvalue weighted by Gasteiger charge is 2.55. The quantitative estimate of drug-likeness (QED) is 0.343. The molecule has 0 aliphatic carbocycles. The molecule has 0 bridgehead atoms. The number of ether oxygens (including phenoxy) is 3. The summed E-state index contributed by atoms with van der Waals surface area (Å²) in [5.74, 6) is -4.18. The van der Waals surface area contributed by atoms with E-state index in [2.05, 4.69) is 0 Å². The highest BCUT2D eigenvalue weighted by atomic mass is 32.1. The van der Waals surface area contributed by atoms with Crippen molar-refractivity contribution >= 4 is 41.1 Å². The van der Waals surface area contributed by atoms with Crippen LogP contribution in [0.3, 0.4) is 0 Å². The van der Waals surface area contributed by atoms with Crippen LogP contribution in [0, 0.1) is 10.8 Å². The van der Waals surface area contributed by atoms with Crippen LogP contribution in [0.5, 0.6) is 11.5 Å². The Bertz CT molecular complexity index is 1530. The summed E-state index contributed by atoms with van der Waals surface area (Å²) in [5.41, 5.74) is -3.60. The lowest BCUT2D eigenvalue weighted by molar-refractivity contribution is -0.337. The average Bonchev–Trinajstić information content (AvgIpc) is 3.35. The Morgan fingerprint density at radius 1 is 0.915 bits per heavy atom. The van der Waals surface area contributed by atoms with Crippen molar-refractivity contribution in [2.75, 3.05) is 26.7 Å². The largest absolute Gasteiger partial charge is 0.546 e. The second kappa shape index (κ2) is 13.5. The number of Topliss-reactive ketones (excluding diaryl/α,β-unsaturated/α-hetero) is 1. The van der Waals surface area contributed by atoms with Crippen molar-refractivity contribution in [2.24, 2.45) is 10.8 Å². The Morgan fingerprint density at radius 3 is 2.06 bits per heavy atom. The molecule has 13 heteroatoms. The van der Waals surface area contributed by atoms with Crippen molar-refractivity contribution in [1.29, 1.82) is 0 Å². The molecule has 1 aromatic carbocycles. The number of hydrogen-bond acceptors (Lipinski definition) is 11. The van der Waals surface area contributed by atoms with Crippen LogP contribution in [0.2, 0.25) is 0 Å². The van der Waals surface area contributed by atoms with Crippen LogP contribution in [-0.4, -0.2) is 77.5 Å². The molecular weight excluding hydrogens is 628 g/mol. The Morgan fingerprint density at radius 2 is 1.53 bits per heavy atom. The van der Waals surface area contributed by atoms with E-state index in [0.29, 0.717) is 24.4 Å². The van der Waals surface area contributed by atoms with Gasteiger partial charge in [0.2, 0.25) is 0 Å². The molecule has 258 valence electrons. The number of likely N-dealkylation sites (N-methyl/N-ethyl adjacent to an activating group) is 1. The third-order valence-electron chi connectivity index (χ3n) is 7.73. The number of carbonyl (C=O) groups is 5. The highest BCUT2D eigenvalue weighted by Crippen LogP contribution is 2.48. The molecule has 0 N–H and O–H groups in total. The Kier molecular flexibility index (Phi) is 10.8. The second-order valence-electron chi connectivity index (χ2n) is 14.7. The van der Waals surface area contributed by atoms with Gasteiger partial charge < -0.3 is 43.8 Å². The summed E-state index contributed by atoms with van der Waals surface area (Å²) in [5, 5.41) is 23.9. The van der Waals surface area contributed by atoms with Gasteiger partial charge in [0, 0.05) is 34.9 Å². The molecule has 0 radical (unpaired) electrons. The van der Waals surface area contributed by atoms with E-state index in [9.17, 15) is 34.2 Å². The van der Waals surface area contributed by atoms with Crippen molar-refractivity contribution in [1.82, 2.24) is 9.80 Å². The molecule has 1 aromatic heterocycles. The fraction of sp³-hybridized carbons (Fsp3) is 0.559. The smallest absolute Gasteiger partial charge is 0.410 e. The lowest BCUT2D eigenvalue weighted by atomic mass is 9.62. The van der Waals surface area contributed by atoms with Crippen LogP contribution in [0.25, 0.3) is 0 Å². The summed E-state index contributed by atoms with van der Waals surface area (Å²) in [6.07, 6.45) is 0.147. The number of benzene rings is 1. The summed E-state index contributed by atoms with van der Waals surface area (Å²) in [6, 6.07) is 5.70. The van der Waals surface area contributed by atoms with Crippen molar-refractivity contribution in [3.63, 3.8) is 0 Å². The number of thiophene rings is 1. The first-order valence-electron chi connectivity index (χ1n) is 15.2. The SMILES string of the molecule is CN(CC(=O)c1ccc(OC(C(=O)[O-])(C(C)(C)C)C(C)(C)C)c(OCC(=O)[O-])c1)C(=O)c1cc2c(s1)CCN(C(=O)OC(C)(C)C)C2. The van der Waals surface area contributed by atoms with Crippen LogP contribution >= 0.6 is 11.3 Å². The van der Waals surface area contributed by atoms with E-state index in [4.69, 9.17) is 14.2 Å². The minimum Gasteiger partial charge on any atom is -0.546 e. The number of hydrogen-bond donors (Lipinski definition) is 0. The Labute approximate surface area is 279 Å². The first kappa shape index (κ1) is 37.3. The van der Waals surface area contributed by atoms with Gasteiger partial charge in [-0.3, -0.25) is 9.59 Å². The number of carboxylic acids is 2. The molecule has 2 aromatic rings. The maximum Gasteiger partial charge on any atom is 0.410 e. The molecule has 2 amide bonds. The van der Waals surface area contributed by atoms with E-state index in [0.717, 1.165) is 10.4 Å². The van der Waals surface area contributed by atoms with Crippen molar-refractivity contribution in [3.05, 3.63) is 45.1 Å². The maximum absolute atomic E-state index is 13.4. The van der Waals surface area contributed by atoms with E-state index in [1.54, 1.807) is 73.3 Å². The van der Waals surface area contributed by atoms with E-state index < -0.39 is 52.5 Å². The van der Waals surface area contributed by atoms with Crippen molar-refractivity contribution in [3.8, 4) is 11.5 Å². The van der Waals surface area contributed by atoms with Crippen LogP contribution in [0.15, 0.2) is 24.3 Å². The zero-order valence-electron chi connectivity index (χ0n) is 28.7. The molecule has 47 heavy (non-hydrogen) atoms. The number of ketones is 1. The normalized spacial score (nSPS) is 13.8. The van der Waals surface area contributed by atoms with Gasteiger partial charge in [-0.15, -0.1) is 11.3 Å². The monoisotopic (exact) mass is 672 g/mol. The van der Waals surface area contributed by atoms with Gasteiger partial charge in [-0.25, -0.2) is 4.79 Å². The van der Waals surface area contributed by atoms with Gasteiger partial charge in [0.15, 0.2) is 22.9 Å². The standard InChI is InChI=1S/C34H46N2O10S/c1-31(2,3)34(29(41)42,32(4,5)6)45-23-12-11-20(15-24(23)44-19-27(38)39)22(37)18-35(10)28(40)26-16-21-17-36(14-13-25(21)47-26)30(43)46-33(7,8)9/h11-12,15-16H,13-14,17-19H2,1-10H3,(H,38,39)(H,41,42)/p-2. The summed E-state index contributed by atoms with van der Waals surface area (Å²) >= 11 is 1.31. The molecule has 0 atom stereocenters. The number of carbonyl (C=O) groups excluding carboxylic acids is 5. The Balaban J connectivity index is 1.83. The van der Waals surface area contributed by atoms with Crippen molar-refractivity contribution in [2.45, 2.75) is 86.5 Å². The number of fused-ring (bicyclic) bond motifs is 1. The van der Waals surface area contributed by atoms with E-state index in [1.807, 2.05) is 0 Å². The fourth-order valence-electron chi connectivity index (χ4n) is 5.75. The van der Waals surface area contributed by atoms with E-state index in [-0.39, 0.29) is 29.5 Å².